The van der Waals surface area contributed by atoms with Crippen molar-refractivity contribution >= 4 is 29.2 Å². The summed E-state index contributed by atoms with van der Waals surface area (Å²) in [5, 5.41) is 15.7. The second-order valence-corrected chi connectivity index (χ2v) is 7.07. The normalized spacial score (nSPS) is 13.1. The number of hydrogen-bond donors (Lipinski definition) is 3. The maximum Gasteiger partial charge on any atom is 0.315 e. The highest BCUT2D eigenvalue weighted by Gasteiger charge is 2.20. The minimum absolute atomic E-state index is 0.0276. The molecule has 0 saturated carbocycles. The lowest BCUT2D eigenvalue weighted by Gasteiger charge is -2.25. The molecular formula is C14H23Cl2N3O2. The number of aromatic nitrogens is 1. The summed E-state index contributed by atoms with van der Waals surface area (Å²) in [4.78, 5) is 11.9. The fraction of sp³-hybridized carbons (Fsp3) is 0.643. The van der Waals surface area contributed by atoms with Gasteiger partial charge in [-0.1, -0.05) is 44.0 Å². The van der Waals surface area contributed by atoms with Crippen molar-refractivity contribution in [3.8, 4) is 0 Å². The predicted molar refractivity (Wildman–Crippen MR) is 85.8 cm³/mol. The maximum absolute atomic E-state index is 11.9. The summed E-state index contributed by atoms with van der Waals surface area (Å²) in [5.41, 5.74) is 0.830. The van der Waals surface area contributed by atoms with Gasteiger partial charge in [-0.2, -0.15) is 0 Å². The Balaban J connectivity index is 2.51. The molecule has 21 heavy (non-hydrogen) atoms. The molecule has 1 heterocycles. The number of carbonyl (C=O) groups is 1. The van der Waals surface area contributed by atoms with E-state index in [9.17, 15) is 9.90 Å². The molecule has 7 heteroatoms. The topological polar surface area (TPSA) is 66.3 Å². The Morgan fingerprint density at radius 2 is 2.05 bits per heavy atom. The summed E-state index contributed by atoms with van der Waals surface area (Å²) >= 11 is 11.9. The Bertz CT molecular complexity index is 495. The number of aliphatic hydroxyl groups is 1. The molecule has 2 amide bonds. The number of urea groups is 1. The van der Waals surface area contributed by atoms with Crippen LogP contribution in [0.25, 0.3) is 0 Å². The first-order chi connectivity index (χ1) is 9.64. The molecule has 0 fully saturated rings. The average molecular weight is 336 g/mol. The quantitative estimate of drug-likeness (QED) is 0.774. The summed E-state index contributed by atoms with van der Waals surface area (Å²) in [6, 6.07) is 1.11. The van der Waals surface area contributed by atoms with E-state index in [0.717, 1.165) is 5.69 Å². The Hall–Kier alpha value is -0.910. The van der Waals surface area contributed by atoms with Gasteiger partial charge in [0.25, 0.3) is 0 Å². The minimum Gasteiger partial charge on any atom is -0.394 e. The molecule has 0 radical (unpaired) electrons. The van der Waals surface area contributed by atoms with Gasteiger partial charge in [-0.15, -0.1) is 0 Å². The van der Waals surface area contributed by atoms with Gasteiger partial charge >= 0.3 is 6.03 Å². The van der Waals surface area contributed by atoms with Gasteiger partial charge in [0.05, 0.1) is 24.2 Å². The standard InChI is InChI=1S/C14H23Cl2N3O2/c1-14(2,3)6-9(8-20)18-13(21)17-7-10-5-11(15)12(16)19(10)4/h5,9,20H,6-8H2,1-4H3,(H2,17,18,21). The Kier molecular flexibility index (Phi) is 6.38. The molecule has 1 aromatic heterocycles. The zero-order chi connectivity index (χ0) is 16.2. The lowest BCUT2D eigenvalue weighted by atomic mass is 9.88. The number of nitrogens with one attached hydrogen (secondary N) is 2. The number of carbonyl (C=O) groups excluding carboxylic acids is 1. The van der Waals surface area contributed by atoms with Crippen LogP contribution in [0, 0.1) is 5.41 Å². The van der Waals surface area contributed by atoms with E-state index in [2.05, 4.69) is 31.4 Å². The molecule has 0 spiro atoms. The van der Waals surface area contributed by atoms with E-state index in [1.165, 1.54) is 0 Å². The maximum atomic E-state index is 11.9. The van der Waals surface area contributed by atoms with Crippen molar-refractivity contribution in [2.24, 2.45) is 12.5 Å². The molecule has 1 atom stereocenters. The molecule has 0 aromatic carbocycles. The van der Waals surface area contributed by atoms with E-state index in [1.807, 2.05) is 0 Å². The lowest BCUT2D eigenvalue weighted by molar-refractivity contribution is 0.190. The molecule has 0 aliphatic rings. The number of rotatable bonds is 5. The summed E-state index contributed by atoms with van der Waals surface area (Å²) in [6.07, 6.45) is 0.693. The first kappa shape index (κ1) is 18.1. The monoisotopic (exact) mass is 335 g/mol. The SMILES string of the molecule is Cn1c(CNC(=O)NC(CO)CC(C)(C)C)cc(Cl)c1Cl. The van der Waals surface area contributed by atoms with Gasteiger partial charge in [-0.3, -0.25) is 0 Å². The fourth-order valence-corrected chi connectivity index (χ4v) is 2.48. The summed E-state index contributed by atoms with van der Waals surface area (Å²) in [5.74, 6) is 0. The summed E-state index contributed by atoms with van der Waals surface area (Å²) in [7, 11) is 1.78. The van der Waals surface area contributed by atoms with Crippen LogP contribution in [-0.2, 0) is 13.6 Å². The average Bonchev–Trinajstić information content (AvgIpc) is 2.61. The van der Waals surface area contributed by atoms with Crippen molar-refractivity contribution in [2.45, 2.75) is 39.8 Å². The van der Waals surface area contributed by atoms with Gasteiger partial charge in [0, 0.05) is 12.7 Å². The third-order valence-corrected chi connectivity index (χ3v) is 3.90. The van der Waals surface area contributed by atoms with Crippen LogP contribution in [0.4, 0.5) is 4.79 Å². The van der Waals surface area contributed by atoms with Crippen molar-refractivity contribution in [1.29, 1.82) is 0 Å². The molecule has 5 nitrogen and oxygen atoms in total. The highest BCUT2D eigenvalue weighted by Crippen LogP contribution is 2.25. The van der Waals surface area contributed by atoms with Gasteiger partial charge in [0.15, 0.2) is 0 Å². The van der Waals surface area contributed by atoms with Crippen LogP contribution >= 0.6 is 23.2 Å². The smallest absolute Gasteiger partial charge is 0.315 e. The molecule has 1 aromatic rings. The molecule has 3 N–H and O–H groups in total. The van der Waals surface area contributed by atoms with Crippen molar-refractivity contribution in [3.63, 3.8) is 0 Å². The van der Waals surface area contributed by atoms with Crippen molar-refractivity contribution in [1.82, 2.24) is 15.2 Å². The third-order valence-electron chi connectivity index (χ3n) is 3.06. The number of halogens is 2. The molecule has 1 rings (SSSR count). The summed E-state index contributed by atoms with van der Waals surface area (Å²) < 4.78 is 1.71. The molecule has 0 bridgehead atoms. The number of aliphatic hydroxyl groups excluding tert-OH is 1. The van der Waals surface area contributed by atoms with Gasteiger partial charge < -0.3 is 20.3 Å². The van der Waals surface area contributed by atoms with Gasteiger partial charge in [0.1, 0.15) is 5.15 Å². The largest absolute Gasteiger partial charge is 0.394 e. The van der Waals surface area contributed by atoms with Crippen LogP contribution in [0.3, 0.4) is 0 Å². The lowest BCUT2D eigenvalue weighted by Crippen LogP contribution is -2.45. The second-order valence-electron chi connectivity index (χ2n) is 6.30. The van der Waals surface area contributed by atoms with E-state index in [1.54, 1.807) is 17.7 Å². The van der Waals surface area contributed by atoms with Crippen molar-refractivity contribution < 1.29 is 9.90 Å². The van der Waals surface area contributed by atoms with Gasteiger partial charge in [-0.05, 0) is 17.9 Å². The minimum atomic E-state index is -0.327. The Labute approximate surface area is 135 Å². The van der Waals surface area contributed by atoms with Crippen LogP contribution in [0.5, 0.6) is 0 Å². The molecular weight excluding hydrogens is 313 g/mol. The number of amides is 2. The summed E-state index contributed by atoms with van der Waals surface area (Å²) in [6.45, 7) is 6.39. The Morgan fingerprint density at radius 1 is 1.43 bits per heavy atom. The van der Waals surface area contributed by atoms with Gasteiger partial charge in [0.2, 0.25) is 0 Å². The van der Waals surface area contributed by atoms with Crippen LogP contribution in [0.1, 0.15) is 32.9 Å². The van der Waals surface area contributed by atoms with Crippen molar-refractivity contribution in [2.75, 3.05) is 6.61 Å². The molecule has 0 aliphatic carbocycles. The number of hydrogen-bond acceptors (Lipinski definition) is 2. The third kappa shape index (κ3) is 5.77. The first-order valence-corrected chi connectivity index (χ1v) is 7.54. The van der Waals surface area contributed by atoms with E-state index < -0.39 is 0 Å². The number of nitrogens with zero attached hydrogens (tertiary/aromatic N) is 1. The van der Waals surface area contributed by atoms with Crippen LogP contribution < -0.4 is 10.6 Å². The molecule has 120 valence electrons. The highest BCUT2D eigenvalue weighted by atomic mass is 35.5. The zero-order valence-corrected chi connectivity index (χ0v) is 14.3. The molecule has 0 saturated heterocycles. The van der Waals surface area contributed by atoms with Crippen molar-refractivity contribution in [3.05, 3.63) is 21.9 Å². The predicted octanol–water partition coefficient (Wildman–Crippen LogP) is 2.93. The fourth-order valence-electron chi connectivity index (χ4n) is 2.07. The van der Waals surface area contributed by atoms with E-state index in [0.29, 0.717) is 23.1 Å². The molecule has 1 unspecified atom stereocenters. The van der Waals surface area contributed by atoms with E-state index in [4.69, 9.17) is 23.2 Å². The Morgan fingerprint density at radius 3 is 2.48 bits per heavy atom. The van der Waals surface area contributed by atoms with Crippen LogP contribution in [0.2, 0.25) is 10.2 Å². The van der Waals surface area contributed by atoms with Crippen LogP contribution in [0.15, 0.2) is 6.07 Å². The second kappa shape index (κ2) is 7.38. The van der Waals surface area contributed by atoms with Crippen LogP contribution in [-0.4, -0.2) is 28.4 Å². The van der Waals surface area contributed by atoms with E-state index in [-0.39, 0.29) is 24.1 Å². The molecule has 0 aliphatic heterocycles. The van der Waals surface area contributed by atoms with Gasteiger partial charge in [-0.25, -0.2) is 4.79 Å². The zero-order valence-electron chi connectivity index (χ0n) is 12.8. The highest BCUT2D eigenvalue weighted by molar-refractivity contribution is 6.41. The van der Waals surface area contributed by atoms with E-state index >= 15 is 0 Å². The first-order valence-electron chi connectivity index (χ1n) is 6.79.